The molecule has 8 heteroatoms. The van der Waals surface area contributed by atoms with E-state index in [0.29, 0.717) is 19.3 Å². The van der Waals surface area contributed by atoms with Crippen LogP contribution in [0, 0.1) is 0 Å². The van der Waals surface area contributed by atoms with Crippen LogP contribution in [-0.4, -0.2) is 50.4 Å². The highest BCUT2D eigenvalue weighted by molar-refractivity contribution is 8.05. The number of piperidine rings is 1. The first-order valence-electron chi connectivity index (χ1n) is 11.9. The van der Waals surface area contributed by atoms with E-state index in [9.17, 15) is 4.79 Å². The van der Waals surface area contributed by atoms with E-state index in [-0.39, 0.29) is 5.56 Å². The van der Waals surface area contributed by atoms with Gasteiger partial charge in [0, 0.05) is 61.7 Å². The zero-order chi connectivity index (χ0) is 22.9. The molecule has 2 aromatic carbocycles. The van der Waals surface area contributed by atoms with Gasteiger partial charge in [0.15, 0.2) is 0 Å². The lowest BCUT2D eigenvalue weighted by molar-refractivity contribution is 0.122. The third kappa shape index (κ3) is 4.60. The van der Waals surface area contributed by atoms with Crippen molar-refractivity contribution in [2.24, 2.45) is 0 Å². The lowest BCUT2D eigenvalue weighted by Gasteiger charge is -2.29. The van der Waals surface area contributed by atoms with E-state index in [1.807, 2.05) is 11.8 Å². The number of benzene rings is 2. The summed E-state index contributed by atoms with van der Waals surface area (Å²) in [6.07, 6.45) is 2.32. The molecule has 0 atom stereocenters. The molecule has 0 bridgehead atoms. The van der Waals surface area contributed by atoms with Crippen LogP contribution < -0.4 is 21.1 Å². The van der Waals surface area contributed by atoms with Gasteiger partial charge < -0.3 is 25.3 Å². The molecule has 3 N–H and O–H groups in total. The Hall–Kier alpha value is -2.39. The molecule has 2 saturated heterocycles. The fourth-order valence-electron chi connectivity index (χ4n) is 4.78. The summed E-state index contributed by atoms with van der Waals surface area (Å²) in [5.74, 6) is 0. The number of aromatic nitrogens is 1. The van der Waals surface area contributed by atoms with Crippen LogP contribution in [0.15, 0.2) is 72.9 Å². The highest BCUT2D eigenvalue weighted by atomic mass is 32.2. The number of rotatable bonds is 4. The van der Waals surface area contributed by atoms with Crippen molar-refractivity contribution < 1.29 is 4.74 Å². The number of hydrogen-bond acceptors (Lipinski definition) is 7. The molecule has 0 radical (unpaired) electrons. The molecule has 0 spiro atoms. The van der Waals surface area contributed by atoms with Crippen LogP contribution in [0.1, 0.15) is 12.8 Å². The normalized spacial score (nSPS) is 18.3. The van der Waals surface area contributed by atoms with E-state index < -0.39 is 0 Å². The van der Waals surface area contributed by atoms with Gasteiger partial charge in [-0.15, -0.1) is 0 Å². The summed E-state index contributed by atoms with van der Waals surface area (Å²) < 4.78 is 5.48. The van der Waals surface area contributed by atoms with E-state index in [4.69, 9.17) is 4.74 Å². The van der Waals surface area contributed by atoms with Crippen molar-refractivity contribution in [3.63, 3.8) is 0 Å². The number of morpholine rings is 1. The van der Waals surface area contributed by atoms with Crippen LogP contribution in [0.2, 0.25) is 0 Å². The summed E-state index contributed by atoms with van der Waals surface area (Å²) in [5, 5.41) is 7.15. The quantitative estimate of drug-likeness (QED) is 0.383. The van der Waals surface area contributed by atoms with E-state index in [2.05, 4.69) is 63.0 Å². The molecule has 3 aliphatic rings. The van der Waals surface area contributed by atoms with Gasteiger partial charge in [0.2, 0.25) is 5.56 Å². The van der Waals surface area contributed by atoms with Gasteiger partial charge in [0.05, 0.1) is 18.9 Å². The van der Waals surface area contributed by atoms with Crippen LogP contribution in [0.4, 0.5) is 11.4 Å². The summed E-state index contributed by atoms with van der Waals surface area (Å²) in [5.41, 5.74) is 4.03. The molecule has 0 amide bonds. The third-order valence-electron chi connectivity index (χ3n) is 6.56. The largest absolute Gasteiger partial charge is 0.382 e. The molecular formula is C26H28N4O2S2. The average Bonchev–Trinajstić information content (AvgIpc) is 2.88. The Kier molecular flexibility index (Phi) is 6.30. The summed E-state index contributed by atoms with van der Waals surface area (Å²) in [4.78, 5) is 22.8. The number of nitrogens with zero attached hydrogens (tertiary/aromatic N) is 1. The van der Waals surface area contributed by atoms with Gasteiger partial charge in [-0.05, 0) is 56.3 Å². The van der Waals surface area contributed by atoms with E-state index in [1.165, 1.54) is 25.3 Å². The molecule has 0 saturated carbocycles. The molecule has 0 aliphatic carbocycles. The van der Waals surface area contributed by atoms with Gasteiger partial charge in [-0.3, -0.25) is 4.79 Å². The highest BCUT2D eigenvalue weighted by Crippen LogP contribution is 2.52. The standard InChI is InChI=1S/C26H28N4O2S2/c31-25-16-19(30-10-12-32-13-11-30)15-21(29-25)20-2-1-3-23-26(20)34-22-5-4-18(14-24(22)33-23)28-17-6-8-27-9-7-17/h1-5,14-17,27-28H,6-13H2,(H,29,31). The Morgan fingerprint density at radius 3 is 2.65 bits per heavy atom. The first-order valence-corrected chi connectivity index (χ1v) is 13.5. The summed E-state index contributed by atoms with van der Waals surface area (Å²) >= 11 is 3.60. The van der Waals surface area contributed by atoms with Crippen molar-refractivity contribution in [2.75, 3.05) is 49.6 Å². The number of ether oxygens (including phenoxy) is 1. The number of fused-ring (bicyclic) bond motifs is 2. The number of hydrogen-bond donors (Lipinski definition) is 3. The lowest BCUT2D eigenvalue weighted by Crippen LogP contribution is -2.36. The topological polar surface area (TPSA) is 69.4 Å². The first kappa shape index (κ1) is 22.1. The predicted molar refractivity (Wildman–Crippen MR) is 140 cm³/mol. The Bertz CT molecular complexity index is 1250. The lowest BCUT2D eigenvalue weighted by atomic mass is 10.1. The van der Waals surface area contributed by atoms with Gasteiger partial charge in [-0.2, -0.15) is 0 Å². The number of aromatic amines is 1. The molecule has 6 nitrogen and oxygen atoms in total. The van der Waals surface area contributed by atoms with Crippen LogP contribution in [0.5, 0.6) is 0 Å². The van der Waals surface area contributed by atoms with Crippen LogP contribution >= 0.6 is 23.5 Å². The second kappa shape index (κ2) is 9.70. The molecule has 1 aromatic heterocycles. The molecule has 6 rings (SSSR count). The molecule has 176 valence electrons. The number of anilines is 2. The zero-order valence-electron chi connectivity index (χ0n) is 18.9. The van der Waals surface area contributed by atoms with Crippen LogP contribution in [-0.2, 0) is 4.74 Å². The molecule has 3 aliphatic heterocycles. The Balaban J connectivity index is 1.29. The molecular weight excluding hydrogens is 464 g/mol. The van der Waals surface area contributed by atoms with Gasteiger partial charge in [-0.1, -0.05) is 35.7 Å². The van der Waals surface area contributed by atoms with Gasteiger partial charge in [-0.25, -0.2) is 0 Å². The van der Waals surface area contributed by atoms with Gasteiger partial charge in [0.25, 0.3) is 0 Å². The summed E-state index contributed by atoms with van der Waals surface area (Å²) in [7, 11) is 0. The van der Waals surface area contributed by atoms with Crippen molar-refractivity contribution in [3.05, 3.63) is 58.9 Å². The number of H-pyrrole nitrogens is 1. The maximum Gasteiger partial charge on any atom is 0.250 e. The van der Waals surface area contributed by atoms with Gasteiger partial charge >= 0.3 is 0 Å². The highest BCUT2D eigenvalue weighted by Gasteiger charge is 2.23. The second-order valence-electron chi connectivity index (χ2n) is 8.88. The van der Waals surface area contributed by atoms with Crippen LogP contribution in [0.3, 0.4) is 0 Å². The Morgan fingerprint density at radius 1 is 0.941 bits per heavy atom. The summed E-state index contributed by atoms with van der Waals surface area (Å²) in [6.45, 7) is 5.17. The minimum Gasteiger partial charge on any atom is -0.382 e. The number of nitrogens with one attached hydrogen (secondary N) is 3. The van der Waals surface area contributed by atoms with Crippen molar-refractivity contribution in [2.45, 2.75) is 38.5 Å². The zero-order valence-corrected chi connectivity index (χ0v) is 20.6. The fourth-order valence-corrected chi connectivity index (χ4v) is 7.20. The molecule has 34 heavy (non-hydrogen) atoms. The maximum atomic E-state index is 12.6. The Labute approximate surface area is 207 Å². The Morgan fingerprint density at radius 2 is 1.79 bits per heavy atom. The van der Waals surface area contributed by atoms with Crippen molar-refractivity contribution in [3.8, 4) is 11.3 Å². The van der Waals surface area contributed by atoms with E-state index >= 15 is 0 Å². The van der Waals surface area contributed by atoms with E-state index in [1.54, 1.807) is 17.8 Å². The molecule has 3 aromatic rings. The SMILES string of the molecule is O=c1cc(N2CCOCC2)cc(-c2cccc3c2Sc2ccc(NC4CCNCC4)cc2S3)[nH]1. The molecule has 4 heterocycles. The molecule has 0 unspecified atom stereocenters. The monoisotopic (exact) mass is 492 g/mol. The fraction of sp³-hybridized carbons (Fsp3) is 0.346. The third-order valence-corrected chi connectivity index (χ3v) is 9.16. The summed E-state index contributed by atoms with van der Waals surface area (Å²) in [6, 6.07) is 17.4. The first-order chi connectivity index (χ1) is 16.7. The average molecular weight is 493 g/mol. The van der Waals surface area contributed by atoms with Crippen molar-refractivity contribution in [1.29, 1.82) is 0 Å². The van der Waals surface area contributed by atoms with Crippen molar-refractivity contribution in [1.82, 2.24) is 10.3 Å². The van der Waals surface area contributed by atoms with Crippen molar-refractivity contribution >= 4 is 34.9 Å². The smallest absolute Gasteiger partial charge is 0.250 e. The predicted octanol–water partition coefficient (Wildman–Crippen LogP) is 4.66. The van der Waals surface area contributed by atoms with Crippen LogP contribution in [0.25, 0.3) is 11.3 Å². The number of pyridine rings is 1. The second-order valence-corrected chi connectivity index (χ2v) is 11.0. The minimum absolute atomic E-state index is 0.0703. The van der Waals surface area contributed by atoms with E-state index in [0.717, 1.165) is 56.0 Å². The van der Waals surface area contributed by atoms with Gasteiger partial charge in [0.1, 0.15) is 0 Å². The minimum atomic E-state index is -0.0703. The maximum absolute atomic E-state index is 12.6. The molecule has 2 fully saturated rings.